The summed E-state index contributed by atoms with van der Waals surface area (Å²) < 4.78 is 66.3. The van der Waals surface area contributed by atoms with Crippen LogP contribution in [0.1, 0.15) is 17.6 Å². The van der Waals surface area contributed by atoms with E-state index in [2.05, 4.69) is 9.72 Å². The number of aromatic nitrogens is 1. The molecular formula is C8H5ClF5NO. The van der Waals surface area contributed by atoms with E-state index in [1.165, 1.54) is 0 Å². The molecule has 0 radical (unpaired) electrons. The van der Waals surface area contributed by atoms with Crippen molar-refractivity contribution in [1.82, 2.24) is 4.98 Å². The molecule has 2 nitrogen and oxygen atoms in total. The topological polar surface area (TPSA) is 22.1 Å². The first kappa shape index (κ1) is 13.0. The average Bonchev–Trinajstić information content (AvgIpc) is 2.14. The van der Waals surface area contributed by atoms with Gasteiger partial charge in [-0.15, -0.1) is 0 Å². The van der Waals surface area contributed by atoms with E-state index < -0.39 is 34.6 Å². The van der Waals surface area contributed by atoms with Gasteiger partial charge in [-0.25, -0.2) is 13.8 Å². The molecule has 0 atom stereocenters. The van der Waals surface area contributed by atoms with Crippen molar-refractivity contribution in [3.8, 4) is 5.88 Å². The van der Waals surface area contributed by atoms with Crippen LogP contribution in [0, 0.1) is 0 Å². The minimum absolute atomic E-state index is 0.354. The van der Waals surface area contributed by atoms with Crippen LogP contribution in [0.4, 0.5) is 22.0 Å². The summed E-state index contributed by atoms with van der Waals surface area (Å²) in [5.41, 5.74) is -2.47. The van der Waals surface area contributed by atoms with Crippen LogP contribution in [0.3, 0.4) is 0 Å². The monoisotopic (exact) mass is 261 g/mol. The Morgan fingerprint density at radius 2 is 1.94 bits per heavy atom. The van der Waals surface area contributed by atoms with Gasteiger partial charge in [0, 0.05) is 6.20 Å². The lowest BCUT2D eigenvalue weighted by atomic mass is 10.2. The number of methoxy groups -OCH3 is 1. The van der Waals surface area contributed by atoms with Gasteiger partial charge in [0.2, 0.25) is 5.88 Å². The van der Waals surface area contributed by atoms with Gasteiger partial charge in [0.15, 0.2) is 0 Å². The summed E-state index contributed by atoms with van der Waals surface area (Å²) in [7, 11) is 1.01. The van der Waals surface area contributed by atoms with Crippen molar-refractivity contribution < 1.29 is 26.7 Å². The molecule has 1 aromatic heterocycles. The van der Waals surface area contributed by atoms with E-state index in [1.54, 1.807) is 0 Å². The zero-order chi connectivity index (χ0) is 12.5. The van der Waals surface area contributed by atoms with E-state index in [1.807, 2.05) is 0 Å². The summed E-state index contributed by atoms with van der Waals surface area (Å²) in [4.78, 5) is 3.14. The third kappa shape index (κ3) is 2.34. The van der Waals surface area contributed by atoms with Gasteiger partial charge < -0.3 is 4.74 Å². The lowest BCUT2D eigenvalue weighted by Crippen LogP contribution is -2.09. The molecule has 0 saturated heterocycles. The molecule has 1 heterocycles. The van der Waals surface area contributed by atoms with Gasteiger partial charge in [-0.3, -0.25) is 0 Å². The first-order chi connectivity index (χ1) is 7.29. The smallest absolute Gasteiger partial charge is 0.419 e. The molecule has 90 valence electrons. The third-order valence-electron chi connectivity index (χ3n) is 1.73. The Labute approximate surface area is 92.0 Å². The molecule has 0 unspecified atom stereocenters. The van der Waals surface area contributed by atoms with Crippen molar-refractivity contribution in [2.45, 2.75) is 12.6 Å². The van der Waals surface area contributed by atoms with Crippen molar-refractivity contribution >= 4 is 11.6 Å². The summed E-state index contributed by atoms with van der Waals surface area (Å²) in [6.07, 6.45) is -7.68. The number of nitrogens with zero attached hydrogens (tertiary/aromatic N) is 1. The molecule has 0 bridgehead atoms. The summed E-state index contributed by atoms with van der Waals surface area (Å²) in [6.45, 7) is 0. The van der Waals surface area contributed by atoms with Crippen LogP contribution in [0.25, 0.3) is 0 Å². The van der Waals surface area contributed by atoms with E-state index in [0.29, 0.717) is 6.20 Å². The Balaban J connectivity index is 3.44. The molecule has 0 aliphatic rings. The van der Waals surface area contributed by atoms with Crippen molar-refractivity contribution in [2.75, 3.05) is 7.11 Å². The van der Waals surface area contributed by atoms with Gasteiger partial charge in [0.25, 0.3) is 6.43 Å². The lowest BCUT2D eigenvalue weighted by Gasteiger charge is -2.13. The molecule has 0 amide bonds. The molecule has 1 aromatic rings. The first-order valence-corrected chi connectivity index (χ1v) is 4.24. The Morgan fingerprint density at radius 1 is 1.38 bits per heavy atom. The Hall–Kier alpha value is -1.11. The summed E-state index contributed by atoms with van der Waals surface area (Å²) in [6, 6.07) is 0. The zero-order valence-corrected chi connectivity index (χ0v) is 8.53. The van der Waals surface area contributed by atoms with E-state index >= 15 is 0 Å². The maximum atomic E-state index is 12.5. The van der Waals surface area contributed by atoms with Crippen molar-refractivity contribution in [3.05, 3.63) is 22.3 Å². The van der Waals surface area contributed by atoms with Crippen molar-refractivity contribution in [3.63, 3.8) is 0 Å². The summed E-state index contributed by atoms with van der Waals surface area (Å²) in [5, 5.41) is -1.09. The Morgan fingerprint density at radius 3 is 2.31 bits per heavy atom. The van der Waals surface area contributed by atoms with Gasteiger partial charge in [-0.1, -0.05) is 11.6 Å². The molecule has 16 heavy (non-hydrogen) atoms. The molecule has 0 spiro atoms. The molecule has 0 saturated carbocycles. The van der Waals surface area contributed by atoms with E-state index in [-0.39, 0.29) is 0 Å². The fourth-order valence-corrected chi connectivity index (χ4v) is 1.36. The lowest BCUT2D eigenvalue weighted by molar-refractivity contribution is -0.137. The largest absolute Gasteiger partial charge is 0.481 e. The minimum atomic E-state index is -4.83. The van der Waals surface area contributed by atoms with Gasteiger partial charge in [-0.05, 0) is 0 Å². The standard InChI is InChI=1S/C8H5ClF5NO/c1-16-7-4(6(10)11)5(9)3(2-15-7)8(12,13)14/h2,6H,1H3. The van der Waals surface area contributed by atoms with Crippen LogP contribution in [-0.4, -0.2) is 12.1 Å². The zero-order valence-electron chi connectivity index (χ0n) is 7.78. The molecule has 0 fully saturated rings. The fourth-order valence-electron chi connectivity index (χ4n) is 1.04. The predicted octanol–water partition coefficient (Wildman–Crippen LogP) is 3.70. The van der Waals surface area contributed by atoms with Crippen LogP contribution in [-0.2, 0) is 6.18 Å². The summed E-state index contributed by atoms with van der Waals surface area (Å²) in [5.74, 6) is -0.618. The number of ether oxygens (including phenoxy) is 1. The Kier molecular flexibility index (Phi) is 3.57. The highest BCUT2D eigenvalue weighted by atomic mass is 35.5. The number of alkyl halides is 5. The normalized spacial score (nSPS) is 12.0. The van der Waals surface area contributed by atoms with Gasteiger partial charge >= 0.3 is 6.18 Å². The van der Waals surface area contributed by atoms with E-state index in [9.17, 15) is 22.0 Å². The highest BCUT2D eigenvalue weighted by Gasteiger charge is 2.37. The van der Waals surface area contributed by atoms with Crippen LogP contribution >= 0.6 is 11.6 Å². The molecule has 1 rings (SSSR count). The SMILES string of the molecule is COc1ncc(C(F)(F)F)c(Cl)c1C(F)F. The fraction of sp³-hybridized carbons (Fsp3) is 0.375. The van der Waals surface area contributed by atoms with Crippen molar-refractivity contribution in [1.29, 1.82) is 0 Å². The van der Waals surface area contributed by atoms with Gasteiger partial charge in [-0.2, -0.15) is 13.2 Å². The van der Waals surface area contributed by atoms with E-state index in [4.69, 9.17) is 11.6 Å². The number of hydrogen-bond donors (Lipinski definition) is 0. The van der Waals surface area contributed by atoms with Crippen LogP contribution in [0.5, 0.6) is 5.88 Å². The van der Waals surface area contributed by atoms with Crippen LogP contribution < -0.4 is 4.74 Å². The quantitative estimate of drug-likeness (QED) is 0.757. The highest BCUT2D eigenvalue weighted by molar-refractivity contribution is 6.32. The number of hydrogen-bond acceptors (Lipinski definition) is 2. The summed E-state index contributed by atoms with van der Waals surface area (Å²) >= 11 is 5.25. The second-order valence-electron chi connectivity index (χ2n) is 2.71. The maximum absolute atomic E-state index is 12.5. The number of rotatable bonds is 2. The van der Waals surface area contributed by atoms with Crippen molar-refractivity contribution in [2.24, 2.45) is 0 Å². The molecule has 0 N–H and O–H groups in total. The molecule has 0 aromatic carbocycles. The predicted molar refractivity (Wildman–Crippen MR) is 45.8 cm³/mol. The number of pyridine rings is 1. The third-order valence-corrected chi connectivity index (χ3v) is 2.14. The highest BCUT2D eigenvalue weighted by Crippen LogP contribution is 2.41. The number of halogens is 6. The Bertz CT molecular complexity index is 393. The first-order valence-electron chi connectivity index (χ1n) is 3.86. The molecule has 8 heteroatoms. The molecular weight excluding hydrogens is 257 g/mol. The average molecular weight is 262 g/mol. The van der Waals surface area contributed by atoms with Crippen LogP contribution in [0.2, 0.25) is 5.02 Å². The second kappa shape index (κ2) is 4.40. The molecule has 0 aliphatic carbocycles. The van der Waals surface area contributed by atoms with Gasteiger partial charge in [0.05, 0.1) is 23.3 Å². The maximum Gasteiger partial charge on any atom is 0.419 e. The van der Waals surface area contributed by atoms with Gasteiger partial charge in [0.1, 0.15) is 0 Å². The molecule has 0 aliphatic heterocycles. The van der Waals surface area contributed by atoms with E-state index in [0.717, 1.165) is 7.11 Å². The minimum Gasteiger partial charge on any atom is -0.481 e. The van der Waals surface area contributed by atoms with Crippen LogP contribution in [0.15, 0.2) is 6.20 Å². The second-order valence-corrected chi connectivity index (χ2v) is 3.09.